The van der Waals surface area contributed by atoms with Crippen LogP contribution in [0.25, 0.3) is 0 Å². The summed E-state index contributed by atoms with van der Waals surface area (Å²) in [4.78, 5) is 6.87. The van der Waals surface area contributed by atoms with E-state index < -0.39 is 0 Å². The van der Waals surface area contributed by atoms with E-state index in [1.54, 1.807) is 0 Å². The van der Waals surface area contributed by atoms with Crippen LogP contribution in [0.4, 0.5) is 0 Å². The highest BCUT2D eigenvalue weighted by Crippen LogP contribution is 2.31. The van der Waals surface area contributed by atoms with Crippen molar-refractivity contribution in [1.29, 1.82) is 0 Å². The van der Waals surface area contributed by atoms with Gasteiger partial charge in [-0.1, -0.05) is 42.5 Å². The lowest BCUT2D eigenvalue weighted by Crippen LogP contribution is -2.37. The molecule has 4 rings (SSSR count). The zero-order valence-electron chi connectivity index (χ0n) is 16.5. The van der Waals surface area contributed by atoms with Crippen molar-refractivity contribution in [3.05, 3.63) is 65.2 Å². The van der Waals surface area contributed by atoms with Crippen LogP contribution >= 0.6 is 24.0 Å². The smallest absolute Gasteiger partial charge is 0.189 e. The van der Waals surface area contributed by atoms with Crippen LogP contribution < -0.4 is 15.8 Å². The molecule has 2 aromatic carbocycles. The van der Waals surface area contributed by atoms with Gasteiger partial charge in [-0.25, -0.2) is 4.99 Å². The first-order valence-electron chi connectivity index (χ1n) is 9.94. The van der Waals surface area contributed by atoms with Crippen LogP contribution in [-0.2, 0) is 13.1 Å². The van der Waals surface area contributed by atoms with Crippen LogP contribution in [0.3, 0.4) is 0 Å². The monoisotopic (exact) mass is 508 g/mol. The Hall–Kier alpha value is -1.84. The van der Waals surface area contributed by atoms with Gasteiger partial charge in [0.2, 0.25) is 0 Å². The van der Waals surface area contributed by atoms with E-state index >= 15 is 0 Å². The number of aliphatic hydroxyl groups excluding tert-OH is 1. The maximum absolute atomic E-state index is 9.75. The van der Waals surface area contributed by atoms with Gasteiger partial charge in [0.15, 0.2) is 5.96 Å². The Morgan fingerprint density at radius 1 is 1.14 bits per heavy atom. The third-order valence-electron chi connectivity index (χ3n) is 5.46. The topological polar surface area (TPSA) is 83.1 Å². The van der Waals surface area contributed by atoms with Crippen molar-refractivity contribution in [3.63, 3.8) is 0 Å². The highest BCUT2D eigenvalue weighted by Gasteiger charge is 2.22. The van der Waals surface area contributed by atoms with Crippen molar-refractivity contribution in [1.82, 2.24) is 10.2 Å². The number of rotatable bonds is 5. The zero-order valence-corrected chi connectivity index (χ0v) is 18.8. The largest absolute Gasteiger partial charge is 0.493 e. The highest BCUT2D eigenvalue weighted by atomic mass is 127. The third-order valence-corrected chi connectivity index (χ3v) is 5.46. The van der Waals surface area contributed by atoms with Gasteiger partial charge in [-0.2, -0.15) is 0 Å². The number of guanidine groups is 1. The molecular formula is C22H29IN4O2. The number of ether oxygens (including phenoxy) is 1. The van der Waals surface area contributed by atoms with Crippen molar-refractivity contribution < 1.29 is 9.84 Å². The Morgan fingerprint density at radius 2 is 1.90 bits per heavy atom. The summed E-state index contributed by atoms with van der Waals surface area (Å²) in [6.45, 7) is 3.72. The Kier molecular flexibility index (Phi) is 7.74. The van der Waals surface area contributed by atoms with Crippen molar-refractivity contribution in [2.45, 2.75) is 38.1 Å². The standard InChI is InChI=1S/C22H28N4O2.HI/c23-22(25-20-10-12-28-21-8-4-3-7-19(20)21)24-13-16-5-1-2-6-17(16)14-26-11-9-18(27)15-26;/h1-8,18,20,27H,9-15H2,(H3,23,24,25);1H. The van der Waals surface area contributed by atoms with Crippen LogP contribution in [0.2, 0.25) is 0 Å². The van der Waals surface area contributed by atoms with Gasteiger partial charge in [-0.15, -0.1) is 24.0 Å². The highest BCUT2D eigenvalue weighted by molar-refractivity contribution is 14.0. The number of halogens is 1. The number of nitrogens with two attached hydrogens (primary N) is 1. The quantitative estimate of drug-likeness (QED) is 0.329. The fourth-order valence-corrected chi connectivity index (χ4v) is 3.95. The Bertz CT molecular complexity index is 845. The zero-order chi connectivity index (χ0) is 19.3. The lowest BCUT2D eigenvalue weighted by Gasteiger charge is -2.27. The number of para-hydroxylation sites is 1. The molecule has 29 heavy (non-hydrogen) atoms. The molecule has 7 heteroatoms. The third kappa shape index (κ3) is 5.61. The van der Waals surface area contributed by atoms with E-state index in [-0.39, 0.29) is 36.1 Å². The predicted molar refractivity (Wildman–Crippen MR) is 126 cm³/mol. The van der Waals surface area contributed by atoms with Crippen LogP contribution in [0.1, 0.15) is 35.6 Å². The fourth-order valence-electron chi connectivity index (χ4n) is 3.95. The molecule has 1 fully saturated rings. The number of likely N-dealkylation sites (tertiary alicyclic amines) is 1. The maximum atomic E-state index is 9.75. The van der Waals surface area contributed by atoms with E-state index in [0.29, 0.717) is 19.1 Å². The van der Waals surface area contributed by atoms with Gasteiger partial charge in [0.25, 0.3) is 0 Å². The van der Waals surface area contributed by atoms with Gasteiger partial charge >= 0.3 is 0 Å². The molecule has 156 valence electrons. The number of hydrogen-bond donors (Lipinski definition) is 3. The maximum Gasteiger partial charge on any atom is 0.189 e. The fraction of sp³-hybridized carbons (Fsp3) is 0.409. The van der Waals surface area contributed by atoms with Gasteiger partial charge in [0.05, 0.1) is 25.3 Å². The SMILES string of the molecule is I.NC(=NCc1ccccc1CN1CCC(O)C1)NC1CCOc2ccccc21. The second-order valence-electron chi connectivity index (χ2n) is 7.52. The van der Waals surface area contributed by atoms with Gasteiger partial charge in [0.1, 0.15) is 5.75 Å². The Balaban J connectivity index is 0.00000240. The summed E-state index contributed by atoms with van der Waals surface area (Å²) in [7, 11) is 0. The number of aliphatic imine (C=N–C) groups is 1. The van der Waals surface area contributed by atoms with E-state index in [4.69, 9.17) is 10.5 Å². The average Bonchev–Trinajstić information content (AvgIpc) is 3.12. The van der Waals surface area contributed by atoms with Crippen molar-refractivity contribution in [3.8, 4) is 5.75 Å². The predicted octanol–water partition coefficient (Wildman–Crippen LogP) is 2.80. The first kappa shape index (κ1) is 21.9. The minimum absolute atomic E-state index is 0. The second-order valence-corrected chi connectivity index (χ2v) is 7.52. The van der Waals surface area contributed by atoms with Gasteiger partial charge in [-0.3, -0.25) is 4.90 Å². The van der Waals surface area contributed by atoms with Crippen molar-refractivity contribution in [2.24, 2.45) is 10.7 Å². The molecule has 1 saturated heterocycles. The Labute approximate surface area is 189 Å². The van der Waals surface area contributed by atoms with Crippen LogP contribution in [0.15, 0.2) is 53.5 Å². The number of β-amino-alcohol motifs (C(OH)–C–C–N with tert-alkyl or cyclic N) is 1. The molecule has 6 nitrogen and oxygen atoms in total. The minimum atomic E-state index is -0.202. The number of benzene rings is 2. The van der Waals surface area contributed by atoms with Crippen molar-refractivity contribution >= 4 is 29.9 Å². The lowest BCUT2D eigenvalue weighted by atomic mass is 10.0. The number of aliphatic hydroxyl groups is 1. The molecule has 0 spiro atoms. The van der Waals surface area contributed by atoms with E-state index in [1.165, 1.54) is 11.1 Å². The second kappa shape index (κ2) is 10.3. The van der Waals surface area contributed by atoms with E-state index in [2.05, 4.69) is 39.5 Å². The van der Waals surface area contributed by atoms with Gasteiger partial charge < -0.3 is 20.9 Å². The number of hydrogen-bond acceptors (Lipinski definition) is 4. The molecule has 0 bridgehead atoms. The molecule has 2 heterocycles. The molecular weight excluding hydrogens is 479 g/mol. The summed E-state index contributed by atoms with van der Waals surface area (Å²) in [5, 5.41) is 13.1. The Morgan fingerprint density at radius 3 is 2.69 bits per heavy atom. The van der Waals surface area contributed by atoms with Crippen LogP contribution in [-0.4, -0.2) is 41.8 Å². The molecule has 2 unspecified atom stereocenters. The first-order chi connectivity index (χ1) is 13.7. The van der Waals surface area contributed by atoms with E-state index in [1.807, 2.05) is 24.3 Å². The van der Waals surface area contributed by atoms with Crippen LogP contribution in [0, 0.1) is 0 Å². The number of nitrogens with zero attached hydrogens (tertiary/aromatic N) is 2. The van der Waals surface area contributed by atoms with Crippen molar-refractivity contribution in [2.75, 3.05) is 19.7 Å². The molecule has 0 saturated carbocycles. The summed E-state index contributed by atoms with van der Waals surface area (Å²) in [5.41, 5.74) is 9.73. The number of fused-ring (bicyclic) bond motifs is 1. The van der Waals surface area contributed by atoms with E-state index in [9.17, 15) is 5.11 Å². The molecule has 4 N–H and O–H groups in total. The van der Waals surface area contributed by atoms with E-state index in [0.717, 1.165) is 43.8 Å². The summed E-state index contributed by atoms with van der Waals surface area (Å²) in [6.07, 6.45) is 1.51. The average molecular weight is 508 g/mol. The molecule has 0 aliphatic carbocycles. The minimum Gasteiger partial charge on any atom is -0.493 e. The molecule has 2 aliphatic heterocycles. The normalized spacial score (nSPS) is 21.8. The van der Waals surface area contributed by atoms with Crippen LogP contribution in [0.5, 0.6) is 5.75 Å². The molecule has 0 aromatic heterocycles. The first-order valence-corrected chi connectivity index (χ1v) is 9.94. The molecule has 2 aliphatic rings. The molecule has 2 atom stereocenters. The summed E-state index contributed by atoms with van der Waals surface area (Å²) >= 11 is 0. The van der Waals surface area contributed by atoms with Gasteiger partial charge in [0, 0.05) is 31.6 Å². The molecule has 0 radical (unpaired) electrons. The lowest BCUT2D eigenvalue weighted by molar-refractivity contribution is 0.174. The molecule has 2 aromatic rings. The number of nitrogens with one attached hydrogen (secondary N) is 1. The summed E-state index contributed by atoms with van der Waals surface area (Å²) in [6, 6.07) is 16.5. The molecule has 0 amide bonds. The van der Waals surface area contributed by atoms with Gasteiger partial charge in [-0.05, 0) is 23.6 Å². The summed E-state index contributed by atoms with van der Waals surface area (Å²) < 4.78 is 5.71. The summed E-state index contributed by atoms with van der Waals surface area (Å²) in [5.74, 6) is 1.37.